The molecule has 0 spiro atoms. The maximum Gasteiger partial charge on any atom is 0.507 e. The molecule has 2 atom stereocenters. The molecule has 0 saturated carbocycles. The molecule has 1 aliphatic heterocycles. The molecule has 0 radical (unpaired) electrons. The molecule has 7 nitrogen and oxygen atoms in total. The number of guanidine groups is 1. The van der Waals surface area contributed by atoms with Crippen molar-refractivity contribution in [2.45, 2.75) is 11.7 Å². The van der Waals surface area contributed by atoms with Crippen LogP contribution in [0.2, 0.25) is 0 Å². The van der Waals surface area contributed by atoms with Crippen LogP contribution in [0.4, 0.5) is 4.79 Å². The number of nitrogens with zero attached hydrogens (tertiary/aromatic N) is 1. The average Bonchev–Trinajstić information content (AvgIpc) is 2.33. The molecule has 74 valence electrons. The van der Waals surface area contributed by atoms with Crippen molar-refractivity contribution in [3.63, 3.8) is 0 Å². The zero-order valence-corrected chi connectivity index (χ0v) is 7.45. The van der Waals surface area contributed by atoms with Crippen molar-refractivity contribution in [1.82, 2.24) is 5.32 Å². The normalized spacial score (nSPS) is 26.8. The van der Waals surface area contributed by atoms with Gasteiger partial charge in [-0.3, -0.25) is 5.32 Å². The van der Waals surface area contributed by atoms with Crippen LogP contribution in [0, 0.1) is 0 Å². The Kier molecular flexibility index (Phi) is 3.20. The number of rotatable bonds is 2. The second-order valence-electron chi connectivity index (χ2n) is 2.28. The van der Waals surface area contributed by atoms with Gasteiger partial charge in [0.1, 0.15) is 0 Å². The van der Waals surface area contributed by atoms with E-state index >= 15 is 0 Å². The Balaban J connectivity index is 2.36. The molecule has 13 heavy (non-hydrogen) atoms. The van der Waals surface area contributed by atoms with Crippen LogP contribution in [-0.2, 0) is 4.74 Å². The van der Waals surface area contributed by atoms with E-state index in [1.165, 1.54) is 11.8 Å². The Labute approximate surface area is 78.5 Å². The number of hydrogen-bond donors (Lipinski definition) is 4. The second kappa shape index (κ2) is 4.19. The minimum atomic E-state index is -1.32. The summed E-state index contributed by atoms with van der Waals surface area (Å²) in [7, 11) is 0. The third kappa shape index (κ3) is 3.38. The van der Waals surface area contributed by atoms with Crippen molar-refractivity contribution in [3.8, 4) is 0 Å². The summed E-state index contributed by atoms with van der Waals surface area (Å²) in [4.78, 5) is 13.9. The fraction of sp³-hybridized carbons (Fsp3) is 0.600. The first-order valence-corrected chi connectivity index (χ1v) is 4.49. The number of aliphatic imine (C=N–C) groups is 1. The number of nitrogens with one attached hydrogen (secondary N) is 1. The summed E-state index contributed by atoms with van der Waals surface area (Å²) >= 11 is 1.37. The molecule has 6 N–H and O–H groups in total. The Morgan fingerprint density at radius 2 is 2.38 bits per heavy atom. The highest BCUT2D eigenvalue weighted by Crippen LogP contribution is 2.19. The van der Waals surface area contributed by atoms with Gasteiger partial charge in [0.2, 0.25) is 0 Å². The van der Waals surface area contributed by atoms with Crippen molar-refractivity contribution in [2.75, 3.05) is 5.75 Å². The Morgan fingerprint density at radius 1 is 1.69 bits per heavy atom. The topological polar surface area (TPSA) is 123 Å². The molecule has 8 heteroatoms. The van der Waals surface area contributed by atoms with Gasteiger partial charge in [0, 0.05) is 5.75 Å². The molecular weight excluding hydrogens is 196 g/mol. The number of ether oxygens (including phenoxy) is 1. The lowest BCUT2D eigenvalue weighted by Crippen LogP contribution is -2.35. The lowest BCUT2D eigenvalue weighted by Gasteiger charge is -2.08. The Morgan fingerprint density at radius 3 is 2.92 bits per heavy atom. The lowest BCUT2D eigenvalue weighted by molar-refractivity contribution is 0.0499. The van der Waals surface area contributed by atoms with Gasteiger partial charge >= 0.3 is 6.16 Å². The highest BCUT2D eigenvalue weighted by molar-refractivity contribution is 8.00. The third-order valence-corrected chi connectivity index (χ3v) is 2.30. The van der Waals surface area contributed by atoms with Crippen molar-refractivity contribution >= 4 is 23.9 Å². The van der Waals surface area contributed by atoms with Gasteiger partial charge in [0.15, 0.2) is 17.7 Å². The molecule has 0 aromatic heterocycles. The number of carbonyl (C=O) groups is 1. The number of hydrogen-bond acceptors (Lipinski definition) is 5. The molecule has 0 aromatic carbocycles. The number of carboxylic acid groups (broad SMARTS) is 1. The van der Waals surface area contributed by atoms with Crippen LogP contribution in [0.25, 0.3) is 0 Å². The first-order chi connectivity index (χ1) is 6.08. The van der Waals surface area contributed by atoms with E-state index in [4.69, 9.17) is 16.6 Å². The molecule has 0 amide bonds. The maximum atomic E-state index is 10.1. The number of thioether (sulfide) groups is 1. The van der Waals surface area contributed by atoms with Crippen molar-refractivity contribution in [3.05, 3.63) is 0 Å². The highest BCUT2D eigenvalue weighted by Gasteiger charge is 2.26. The van der Waals surface area contributed by atoms with Crippen molar-refractivity contribution < 1.29 is 14.6 Å². The minimum Gasteiger partial charge on any atom is -0.450 e. The number of nitrogens with two attached hydrogens (primary N) is 2. The molecule has 0 aliphatic carbocycles. The van der Waals surface area contributed by atoms with Crippen LogP contribution >= 0.6 is 11.8 Å². The smallest absolute Gasteiger partial charge is 0.450 e. The molecular formula is C5H10N4O3S. The first kappa shape index (κ1) is 9.93. The van der Waals surface area contributed by atoms with Crippen LogP contribution in [0.3, 0.4) is 0 Å². The van der Waals surface area contributed by atoms with Crippen LogP contribution in [-0.4, -0.2) is 34.7 Å². The monoisotopic (exact) mass is 206 g/mol. The summed E-state index contributed by atoms with van der Waals surface area (Å²) in [5.41, 5.74) is 9.95. The molecule has 0 bridgehead atoms. The van der Waals surface area contributed by atoms with Crippen molar-refractivity contribution in [1.29, 1.82) is 0 Å². The zero-order valence-electron chi connectivity index (χ0n) is 6.64. The zero-order chi connectivity index (χ0) is 9.84. The summed E-state index contributed by atoms with van der Waals surface area (Å²) in [6, 6.07) is 0. The Hall–Kier alpha value is -1.15. The summed E-state index contributed by atoms with van der Waals surface area (Å²) in [5, 5.41) is 11.1. The maximum absolute atomic E-state index is 10.1. The van der Waals surface area contributed by atoms with Gasteiger partial charge in [-0.05, 0) is 0 Å². The summed E-state index contributed by atoms with van der Waals surface area (Å²) in [6.07, 6.45) is -1.86. The van der Waals surface area contributed by atoms with Gasteiger partial charge in [-0.25, -0.2) is 9.79 Å². The molecule has 1 saturated heterocycles. The fourth-order valence-electron chi connectivity index (χ4n) is 0.833. The molecule has 0 aromatic rings. The lowest BCUT2D eigenvalue weighted by atomic mass is 10.6. The van der Waals surface area contributed by atoms with Gasteiger partial charge in [0.25, 0.3) is 0 Å². The van der Waals surface area contributed by atoms with Crippen LogP contribution in [0.1, 0.15) is 0 Å². The molecule has 1 fully saturated rings. The van der Waals surface area contributed by atoms with Gasteiger partial charge in [-0.15, -0.1) is 11.8 Å². The quantitative estimate of drug-likeness (QED) is 0.257. The van der Waals surface area contributed by atoms with Crippen LogP contribution < -0.4 is 16.8 Å². The fourth-order valence-corrected chi connectivity index (χ4v) is 1.80. The third-order valence-electron chi connectivity index (χ3n) is 1.24. The second-order valence-corrected chi connectivity index (χ2v) is 3.39. The largest absolute Gasteiger partial charge is 0.507 e. The predicted molar refractivity (Wildman–Crippen MR) is 48.1 cm³/mol. The molecule has 1 rings (SSSR count). The molecule has 1 aliphatic rings. The van der Waals surface area contributed by atoms with E-state index < -0.39 is 12.4 Å². The van der Waals surface area contributed by atoms with E-state index in [-0.39, 0.29) is 11.5 Å². The van der Waals surface area contributed by atoms with Crippen LogP contribution in [0.15, 0.2) is 4.99 Å². The summed E-state index contributed by atoms with van der Waals surface area (Å²) in [6.45, 7) is 0. The van der Waals surface area contributed by atoms with Gasteiger partial charge in [-0.2, -0.15) is 0 Å². The van der Waals surface area contributed by atoms with Gasteiger partial charge in [-0.1, -0.05) is 0 Å². The van der Waals surface area contributed by atoms with E-state index in [1.807, 2.05) is 0 Å². The molecule has 0 unspecified atom stereocenters. The van der Waals surface area contributed by atoms with Gasteiger partial charge in [0.05, 0.1) is 0 Å². The summed E-state index contributed by atoms with van der Waals surface area (Å²) < 4.78 is 4.46. The van der Waals surface area contributed by atoms with E-state index in [2.05, 4.69) is 15.0 Å². The summed E-state index contributed by atoms with van der Waals surface area (Å²) in [5.74, 6) is 0.453. The van der Waals surface area contributed by atoms with E-state index in [0.29, 0.717) is 5.75 Å². The SMILES string of the molecule is NC(N)=N[C@H]1N[C@@H](OC(=O)O)CS1. The van der Waals surface area contributed by atoms with E-state index in [9.17, 15) is 4.79 Å². The standard InChI is InChI=1S/C5H10N4O3S/c6-3(7)9-4-8-2(1-13-4)12-5(10)11/h2,4,8H,1H2,(H,10,11)(H4,6,7,9)/t2-,4+/m0/s1. The highest BCUT2D eigenvalue weighted by atomic mass is 32.2. The van der Waals surface area contributed by atoms with Gasteiger partial charge < -0.3 is 21.3 Å². The van der Waals surface area contributed by atoms with Crippen LogP contribution in [0.5, 0.6) is 0 Å². The average molecular weight is 206 g/mol. The minimum absolute atomic E-state index is 0.0408. The molecule has 1 heterocycles. The first-order valence-electron chi connectivity index (χ1n) is 3.44. The van der Waals surface area contributed by atoms with Crippen molar-refractivity contribution in [2.24, 2.45) is 16.5 Å². The predicted octanol–water partition coefficient (Wildman–Crippen LogP) is -1.10. The van der Waals surface area contributed by atoms with E-state index in [0.717, 1.165) is 0 Å². The Bertz CT molecular complexity index is 230. The van der Waals surface area contributed by atoms with E-state index in [1.54, 1.807) is 0 Å².